The van der Waals surface area contributed by atoms with Crippen LogP contribution in [0.1, 0.15) is 31.5 Å². The summed E-state index contributed by atoms with van der Waals surface area (Å²) in [4.78, 5) is 8.72. The van der Waals surface area contributed by atoms with E-state index < -0.39 is 0 Å². The number of furan rings is 1. The molecule has 2 aromatic rings. The molecule has 2 aromatic heterocycles. The Morgan fingerprint density at radius 3 is 2.83 bits per heavy atom. The first-order valence-electron chi connectivity index (χ1n) is 6.39. The lowest BCUT2D eigenvalue weighted by Crippen LogP contribution is -2.28. The van der Waals surface area contributed by atoms with Crippen LogP contribution in [0, 0.1) is 6.92 Å². The molecule has 0 radical (unpaired) electrons. The largest absolute Gasteiger partial charge is 0.459 e. The SMILES string of the molecule is Cc1nc(N[C@H]2CC[C@H](O)CC2)c2occc2n1. The van der Waals surface area contributed by atoms with Gasteiger partial charge in [0.25, 0.3) is 0 Å². The van der Waals surface area contributed by atoms with Gasteiger partial charge in [0.15, 0.2) is 11.4 Å². The van der Waals surface area contributed by atoms with Crippen LogP contribution in [0.4, 0.5) is 5.82 Å². The Morgan fingerprint density at radius 1 is 1.28 bits per heavy atom. The number of rotatable bonds is 2. The minimum Gasteiger partial charge on any atom is -0.459 e. The number of hydrogen-bond acceptors (Lipinski definition) is 5. The summed E-state index contributed by atoms with van der Waals surface area (Å²) >= 11 is 0. The van der Waals surface area contributed by atoms with Gasteiger partial charge in [-0.2, -0.15) is 0 Å². The van der Waals surface area contributed by atoms with Crippen LogP contribution in [0.5, 0.6) is 0 Å². The first-order valence-corrected chi connectivity index (χ1v) is 6.39. The molecule has 2 heterocycles. The van der Waals surface area contributed by atoms with Gasteiger partial charge in [0.05, 0.1) is 12.4 Å². The third-order valence-corrected chi connectivity index (χ3v) is 3.45. The van der Waals surface area contributed by atoms with Crippen molar-refractivity contribution in [2.75, 3.05) is 5.32 Å². The van der Waals surface area contributed by atoms with Gasteiger partial charge < -0.3 is 14.8 Å². The maximum Gasteiger partial charge on any atom is 0.194 e. The van der Waals surface area contributed by atoms with Crippen LogP contribution in [0.15, 0.2) is 16.7 Å². The summed E-state index contributed by atoms with van der Waals surface area (Å²) < 4.78 is 5.43. The van der Waals surface area contributed by atoms with E-state index in [0.717, 1.165) is 42.8 Å². The molecule has 0 atom stereocenters. The lowest BCUT2D eigenvalue weighted by atomic mass is 9.93. The number of fused-ring (bicyclic) bond motifs is 1. The Hall–Kier alpha value is -1.62. The lowest BCUT2D eigenvalue weighted by molar-refractivity contribution is 0.126. The zero-order valence-corrected chi connectivity index (χ0v) is 10.4. The molecule has 5 heteroatoms. The van der Waals surface area contributed by atoms with E-state index in [2.05, 4.69) is 15.3 Å². The second kappa shape index (κ2) is 4.57. The Balaban J connectivity index is 1.83. The molecule has 1 aliphatic rings. The highest BCUT2D eigenvalue weighted by Gasteiger charge is 2.21. The van der Waals surface area contributed by atoms with Crippen LogP contribution < -0.4 is 5.32 Å². The van der Waals surface area contributed by atoms with Crippen molar-refractivity contribution in [3.63, 3.8) is 0 Å². The molecule has 1 saturated carbocycles. The van der Waals surface area contributed by atoms with Gasteiger partial charge >= 0.3 is 0 Å². The minimum absolute atomic E-state index is 0.140. The number of nitrogens with zero attached hydrogens (tertiary/aromatic N) is 2. The monoisotopic (exact) mass is 247 g/mol. The second-order valence-corrected chi connectivity index (χ2v) is 4.90. The molecular weight excluding hydrogens is 230 g/mol. The van der Waals surface area contributed by atoms with E-state index in [-0.39, 0.29) is 6.10 Å². The first-order chi connectivity index (χ1) is 8.72. The van der Waals surface area contributed by atoms with Crippen LogP contribution in [-0.4, -0.2) is 27.2 Å². The van der Waals surface area contributed by atoms with E-state index >= 15 is 0 Å². The molecule has 0 saturated heterocycles. The van der Waals surface area contributed by atoms with E-state index in [1.165, 1.54) is 0 Å². The van der Waals surface area contributed by atoms with Crippen molar-refractivity contribution in [3.8, 4) is 0 Å². The fourth-order valence-electron chi connectivity index (χ4n) is 2.49. The summed E-state index contributed by atoms with van der Waals surface area (Å²) in [5.41, 5.74) is 1.55. The minimum atomic E-state index is -0.140. The Kier molecular flexibility index (Phi) is 2.91. The molecule has 18 heavy (non-hydrogen) atoms. The van der Waals surface area contributed by atoms with Gasteiger partial charge in [-0.3, -0.25) is 0 Å². The number of hydrogen-bond donors (Lipinski definition) is 2. The summed E-state index contributed by atoms with van der Waals surface area (Å²) in [5, 5.41) is 12.9. The van der Waals surface area contributed by atoms with Gasteiger partial charge in [-0.15, -0.1) is 0 Å². The number of aromatic nitrogens is 2. The molecular formula is C13H17N3O2. The fraction of sp³-hybridized carbons (Fsp3) is 0.538. The maximum atomic E-state index is 9.50. The standard InChI is InChI=1S/C13H17N3O2/c1-8-14-11-6-7-18-12(11)13(15-8)16-9-2-4-10(17)5-3-9/h6-7,9-10,17H,2-5H2,1H3,(H,14,15,16)/t9-,10-. The van der Waals surface area contributed by atoms with Gasteiger partial charge in [0.1, 0.15) is 11.3 Å². The number of anilines is 1. The molecule has 5 nitrogen and oxygen atoms in total. The normalized spacial score (nSPS) is 24.3. The van der Waals surface area contributed by atoms with E-state index in [1.807, 2.05) is 13.0 Å². The van der Waals surface area contributed by atoms with Crippen LogP contribution in [0.25, 0.3) is 11.1 Å². The van der Waals surface area contributed by atoms with Crippen molar-refractivity contribution in [2.45, 2.75) is 44.8 Å². The van der Waals surface area contributed by atoms with Gasteiger partial charge in [-0.1, -0.05) is 0 Å². The summed E-state index contributed by atoms with van der Waals surface area (Å²) in [7, 11) is 0. The predicted octanol–water partition coefficient (Wildman–Crippen LogP) is 2.25. The van der Waals surface area contributed by atoms with E-state index in [9.17, 15) is 5.11 Å². The number of nitrogens with one attached hydrogen (secondary N) is 1. The first kappa shape index (κ1) is 11.5. The van der Waals surface area contributed by atoms with Crippen LogP contribution in [0.3, 0.4) is 0 Å². The molecule has 1 fully saturated rings. The van der Waals surface area contributed by atoms with Crippen molar-refractivity contribution in [2.24, 2.45) is 0 Å². The topological polar surface area (TPSA) is 71.2 Å². The zero-order chi connectivity index (χ0) is 12.5. The number of aliphatic hydroxyl groups excluding tert-OH is 1. The van der Waals surface area contributed by atoms with Crippen LogP contribution >= 0.6 is 0 Å². The predicted molar refractivity (Wildman–Crippen MR) is 68.4 cm³/mol. The van der Waals surface area contributed by atoms with Gasteiger partial charge in [-0.05, 0) is 32.6 Å². The molecule has 1 aliphatic carbocycles. The zero-order valence-electron chi connectivity index (χ0n) is 10.4. The molecule has 0 bridgehead atoms. The molecule has 0 unspecified atom stereocenters. The van der Waals surface area contributed by atoms with E-state index in [4.69, 9.17) is 4.42 Å². The van der Waals surface area contributed by atoms with Crippen molar-refractivity contribution in [3.05, 3.63) is 18.2 Å². The van der Waals surface area contributed by atoms with Crippen LogP contribution in [-0.2, 0) is 0 Å². The highest BCUT2D eigenvalue weighted by molar-refractivity contribution is 5.83. The molecule has 2 N–H and O–H groups in total. The molecule has 0 amide bonds. The smallest absolute Gasteiger partial charge is 0.194 e. The van der Waals surface area contributed by atoms with Gasteiger partial charge in [0, 0.05) is 12.1 Å². The highest BCUT2D eigenvalue weighted by atomic mass is 16.3. The quantitative estimate of drug-likeness (QED) is 0.851. The van der Waals surface area contributed by atoms with Crippen molar-refractivity contribution < 1.29 is 9.52 Å². The third kappa shape index (κ3) is 2.18. The Bertz CT molecular complexity index is 544. The summed E-state index contributed by atoms with van der Waals surface area (Å²) in [5.74, 6) is 1.51. The Labute approximate surface area is 105 Å². The summed E-state index contributed by atoms with van der Waals surface area (Å²) in [6, 6.07) is 2.20. The molecule has 0 aliphatic heterocycles. The van der Waals surface area contributed by atoms with Gasteiger partial charge in [0.2, 0.25) is 0 Å². The average Bonchev–Trinajstić information content (AvgIpc) is 2.80. The van der Waals surface area contributed by atoms with Gasteiger partial charge in [-0.25, -0.2) is 9.97 Å². The Morgan fingerprint density at radius 2 is 2.06 bits per heavy atom. The molecule has 96 valence electrons. The van der Waals surface area contributed by atoms with Crippen molar-refractivity contribution in [1.82, 2.24) is 9.97 Å². The van der Waals surface area contributed by atoms with Crippen LogP contribution in [0.2, 0.25) is 0 Å². The fourth-order valence-corrected chi connectivity index (χ4v) is 2.49. The average molecular weight is 247 g/mol. The van der Waals surface area contributed by atoms with E-state index in [1.54, 1.807) is 6.26 Å². The molecule has 0 aromatic carbocycles. The number of aryl methyl sites for hydroxylation is 1. The number of aliphatic hydroxyl groups is 1. The van der Waals surface area contributed by atoms with Crippen molar-refractivity contribution in [1.29, 1.82) is 0 Å². The van der Waals surface area contributed by atoms with E-state index in [0.29, 0.717) is 11.6 Å². The second-order valence-electron chi connectivity index (χ2n) is 4.90. The molecule has 0 spiro atoms. The summed E-state index contributed by atoms with van der Waals surface area (Å²) in [6.45, 7) is 1.88. The lowest BCUT2D eigenvalue weighted by Gasteiger charge is -2.26. The third-order valence-electron chi connectivity index (χ3n) is 3.45. The maximum absolute atomic E-state index is 9.50. The highest BCUT2D eigenvalue weighted by Crippen LogP contribution is 2.26. The molecule has 3 rings (SSSR count). The summed E-state index contributed by atoms with van der Waals surface area (Å²) in [6.07, 6.45) is 5.12. The van der Waals surface area contributed by atoms with Crippen molar-refractivity contribution >= 4 is 16.9 Å².